The number of hydrogen-bond donors (Lipinski definition) is 2. The van der Waals surface area contributed by atoms with Crippen molar-refractivity contribution in [3.05, 3.63) is 29.8 Å². The number of nitrogens with zero attached hydrogens (tertiary/aromatic N) is 1. The topological polar surface area (TPSA) is 35.5 Å². The predicted octanol–water partition coefficient (Wildman–Crippen LogP) is 2.71. The molecule has 3 nitrogen and oxygen atoms in total. The van der Waals surface area contributed by atoms with Gasteiger partial charge in [0.05, 0.1) is 0 Å². The van der Waals surface area contributed by atoms with E-state index in [9.17, 15) is 5.11 Å². The van der Waals surface area contributed by atoms with Gasteiger partial charge in [-0.2, -0.15) is 0 Å². The van der Waals surface area contributed by atoms with E-state index in [1.165, 1.54) is 58.3 Å². The van der Waals surface area contributed by atoms with Crippen LogP contribution in [0.15, 0.2) is 24.3 Å². The number of rotatable bonds is 2. The molecule has 21 heavy (non-hydrogen) atoms. The quantitative estimate of drug-likeness (QED) is 0.877. The molecule has 0 aromatic heterocycles. The maximum atomic E-state index is 10.0. The lowest BCUT2D eigenvalue weighted by Crippen LogP contribution is -2.52. The van der Waals surface area contributed by atoms with Gasteiger partial charge in [0.2, 0.25) is 0 Å². The third-order valence-electron chi connectivity index (χ3n) is 6.10. The zero-order valence-electron chi connectivity index (χ0n) is 12.7. The molecule has 0 amide bonds. The summed E-state index contributed by atoms with van der Waals surface area (Å²) in [6, 6.07) is 8.70. The van der Waals surface area contributed by atoms with Gasteiger partial charge < -0.3 is 15.3 Å². The largest absolute Gasteiger partial charge is 0.508 e. The molecule has 3 aliphatic rings. The molecular weight excluding hydrogens is 260 g/mol. The number of nitrogens with one attached hydrogen (secondary N) is 1. The summed E-state index contributed by atoms with van der Waals surface area (Å²) in [6.45, 7) is 4.90. The summed E-state index contributed by atoms with van der Waals surface area (Å²) in [5.41, 5.74) is 1.81. The molecule has 1 aromatic rings. The van der Waals surface area contributed by atoms with Gasteiger partial charge in [-0.3, -0.25) is 0 Å². The Morgan fingerprint density at radius 2 is 1.86 bits per heavy atom. The lowest BCUT2D eigenvalue weighted by atomic mass is 9.80. The van der Waals surface area contributed by atoms with Gasteiger partial charge in [-0.05, 0) is 68.2 Å². The average Bonchev–Trinajstić information content (AvgIpc) is 2.94. The molecule has 1 aliphatic carbocycles. The van der Waals surface area contributed by atoms with Gasteiger partial charge in [-0.25, -0.2) is 0 Å². The van der Waals surface area contributed by atoms with E-state index in [0.717, 1.165) is 11.6 Å². The third-order valence-corrected chi connectivity index (χ3v) is 6.10. The van der Waals surface area contributed by atoms with Crippen molar-refractivity contribution in [1.82, 2.24) is 10.2 Å². The van der Waals surface area contributed by atoms with Gasteiger partial charge in [-0.1, -0.05) is 18.2 Å². The molecule has 114 valence electrons. The van der Waals surface area contributed by atoms with Crippen molar-refractivity contribution in [1.29, 1.82) is 0 Å². The predicted molar refractivity (Wildman–Crippen MR) is 84.6 cm³/mol. The fourth-order valence-electron chi connectivity index (χ4n) is 4.70. The zero-order valence-corrected chi connectivity index (χ0v) is 12.7. The Kier molecular flexibility index (Phi) is 3.43. The SMILES string of the molecule is Oc1ccccc1C1CCN([C@@H]2CCC3(CNC3)C2)CC1. The third kappa shape index (κ3) is 2.47. The lowest BCUT2D eigenvalue weighted by Gasteiger charge is -2.41. The molecule has 2 saturated heterocycles. The van der Waals surface area contributed by atoms with E-state index in [0.29, 0.717) is 17.1 Å². The second-order valence-electron chi connectivity index (χ2n) is 7.37. The van der Waals surface area contributed by atoms with E-state index in [1.54, 1.807) is 0 Å². The number of hydrogen-bond acceptors (Lipinski definition) is 3. The molecule has 1 aromatic carbocycles. The monoisotopic (exact) mass is 286 g/mol. The van der Waals surface area contributed by atoms with Crippen LogP contribution in [-0.4, -0.2) is 42.2 Å². The standard InChI is InChI=1S/C18H26N2O/c21-17-4-2-1-3-16(17)14-6-9-20(10-7-14)15-5-8-18(11-15)12-19-13-18/h1-4,14-15,19,21H,5-13H2/t15-/m1/s1. The Hall–Kier alpha value is -1.06. The maximum Gasteiger partial charge on any atom is 0.119 e. The van der Waals surface area contributed by atoms with Crippen LogP contribution in [0.25, 0.3) is 0 Å². The molecule has 2 N–H and O–H groups in total. The van der Waals surface area contributed by atoms with Crippen molar-refractivity contribution >= 4 is 0 Å². The van der Waals surface area contributed by atoms with Crippen LogP contribution in [0.3, 0.4) is 0 Å². The zero-order chi connectivity index (χ0) is 14.3. The van der Waals surface area contributed by atoms with Gasteiger partial charge in [-0.15, -0.1) is 0 Å². The van der Waals surface area contributed by atoms with Crippen molar-refractivity contribution in [2.24, 2.45) is 5.41 Å². The van der Waals surface area contributed by atoms with Crippen molar-refractivity contribution in [3.63, 3.8) is 0 Å². The van der Waals surface area contributed by atoms with Gasteiger partial charge in [0.1, 0.15) is 5.75 Å². The Morgan fingerprint density at radius 3 is 2.48 bits per heavy atom. The Bertz CT molecular complexity index is 504. The molecule has 2 heterocycles. The number of benzene rings is 1. The van der Waals surface area contributed by atoms with Crippen LogP contribution in [0.5, 0.6) is 5.75 Å². The van der Waals surface area contributed by atoms with Crippen LogP contribution >= 0.6 is 0 Å². The van der Waals surface area contributed by atoms with Crippen LogP contribution < -0.4 is 5.32 Å². The van der Waals surface area contributed by atoms with Crippen LogP contribution in [0.1, 0.15) is 43.6 Å². The van der Waals surface area contributed by atoms with Crippen LogP contribution in [0, 0.1) is 5.41 Å². The molecular formula is C18H26N2O. The second kappa shape index (κ2) is 5.29. The van der Waals surface area contributed by atoms with E-state index in [4.69, 9.17) is 0 Å². The summed E-state index contributed by atoms with van der Waals surface area (Å²) in [7, 11) is 0. The number of likely N-dealkylation sites (tertiary alicyclic amines) is 1. The minimum absolute atomic E-state index is 0.483. The molecule has 4 rings (SSSR count). The first-order valence-corrected chi connectivity index (χ1v) is 8.48. The van der Waals surface area contributed by atoms with E-state index in [1.807, 2.05) is 18.2 Å². The Morgan fingerprint density at radius 1 is 1.10 bits per heavy atom. The van der Waals surface area contributed by atoms with Crippen molar-refractivity contribution in [3.8, 4) is 5.75 Å². The molecule has 2 aliphatic heterocycles. The Labute approximate surface area is 127 Å². The van der Waals surface area contributed by atoms with E-state index < -0.39 is 0 Å². The van der Waals surface area contributed by atoms with E-state index in [-0.39, 0.29) is 0 Å². The highest BCUT2D eigenvalue weighted by molar-refractivity contribution is 5.35. The van der Waals surface area contributed by atoms with Crippen molar-refractivity contribution < 1.29 is 5.11 Å². The van der Waals surface area contributed by atoms with Crippen LogP contribution in [-0.2, 0) is 0 Å². The highest BCUT2D eigenvalue weighted by Crippen LogP contribution is 2.44. The first-order chi connectivity index (χ1) is 10.3. The van der Waals surface area contributed by atoms with Gasteiger partial charge in [0.25, 0.3) is 0 Å². The van der Waals surface area contributed by atoms with Gasteiger partial charge >= 0.3 is 0 Å². The number of aromatic hydroxyl groups is 1. The van der Waals surface area contributed by atoms with E-state index in [2.05, 4.69) is 16.3 Å². The minimum Gasteiger partial charge on any atom is -0.508 e. The van der Waals surface area contributed by atoms with Crippen LogP contribution in [0.4, 0.5) is 0 Å². The first kappa shape index (κ1) is 13.6. The molecule has 1 spiro atoms. The normalized spacial score (nSPS) is 29.6. The summed E-state index contributed by atoms with van der Waals surface area (Å²) < 4.78 is 0. The average molecular weight is 286 g/mol. The van der Waals surface area contributed by atoms with Crippen LogP contribution in [0.2, 0.25) is 0 Å². The Balaban J connectivity index is 1.36. The smallest absolute Gasteiger partial charge is 0.119 e. The highest BCUT2D eigenvalue weighted by atomic mass is 16.3. The first-order valence-electron chi connectivity index (χ1n) is 8.48. The fourth-order valence-corrected chi connectivity index (χ4v) is 4.70. The lowest BCUT2D eigenvalue weighted by molar-refractivity contribution is 0.120. The maximum absolute atomic E-state index is 10.0. The summed E-state index contributed by atoms with van der Waals surface area (Å²) in [4.78, 5) is 2.73. The van der Waals surface area contributed by atoms with Crippen molar-refractivity contribution in [2.45, 2.75) is 44.1 Å². The molecule has 1 saturated carbocycles. The second-order valence-corrected chi connectivity index (χ2v) is 7.37. The number of para-hydroxylation sites is 1. The number of phenols is 1. The summed E-state index contributed by atoms with van der Waals surface area (Å²) in [5, 5.41) is 13.5. The summed E-state index contributed by atoms with van der Waals surface area (Å²) in [5.74, 6) is 1.03. The van der Waals surface area contributed by atoms with Gasteiger partial charge in [0.15, 0.2) is 0 Å². The number of piperidine rings is 1. The van der Waals surface area contributed by atoms with E-state index >= 15 is 0 Å². The fraction of sp³-hybridized carbons (Fsp3) is 0.667. The molecule has 0 radical (unpaired) electrons. The molecule has 0 unspecified atom stereocenters. The minimum atomic E-state index is 0.483. The molecule has 1 atom stereocenters. The molecule has 0 bridgehead atoms. The van der Waals surface area contributed by atoms with Crippen molar-refractivity contribution in [2.75, 3.05) is 26.2 Å². The summed E-state index contributed by atoms with van der Waals surface area (Å²) in [6.07, 6.45) is 6.60. The molecule has 3 fully saturated rings. The number of phenolic OH excluding ortho intramolecular Hbond substituents is 1. The highest BCUT2D eigenvalue weighted by Gasteiger charge is 2.45. The molecule has 3 heteroatoms. The summed E-state index contributed by atoms with van der Waals surface area (Å²) >= 11 is 0. The van der Waals surface area contributed by atoms with Gasteiger partial charge in [0, 0.05) is 19.1 Å².